The van der Waals surface area contributed by atoms with E-state index in [9.17, 15) is 15.0 Å². The zero-order valence-electron chi connectivity index (χ0n) is 18.5. The van der Waals surface area contributed by atoms with Crippen LogP contribution in [0.25, 0.3) is 0 Å². The summed E-state index contributed by atoms with van der Waals surface area (Å²) in [5, 5.41) is 18.8. The standard InChI is InChI=1S/C28H28N2O3/c31-20-10-18-27(19-17-25(32)33)21-29-26(30-27)28(22-11-4-1-5-12-22,23-13-6-2-7-14-23)24-15-8-3-9-16-24/h1-9,11-16,21,31H,10,17-20H2,(H,32,33). The van der Waals surface area contributed by atoms with Crippen LogP contribution < -0.4 is 0 Å². The van der Waals surface area contributed by atoms with Gasteiger partial charge in [0.15, 0.2) is 0 Å². The lowest BCUT2D eigenvalue weighted by Gasteiger charge is -2.35. The lowest BCUT2D eigenvalue weighted by atomic mass is 9.68. The molecule has 1 atom stereocenters. The minimum absolute atomic E-state index is 0.0107. The Labute approximate surface area is 194 Å². The molecule has 0 fully saturated rings. The summed E-state index contributed by atoms with van der Waals surface area (Å²) in [7, 11) is 0. The van der Waals surface area contributed by atoms with E-state index in [0.29, 0.717) is 25.1 Å². The first-order chi connectivity index (χ1) is 16.1. The minimum Gasteiger partial charge on any atom is -0.481 e. The lowest BCUT2D eigenvalue weighted by Crippen LogP contribution is -2.38. The molecule has 1 heterocycles. The summed E-state index contributed by atoms with van der Waals surface area (Å²) in [5.74, 6) is -0.231. The summed E-state index contributed by atoms with van der Waals surface area (Å²) in [4.78, 5) is 21.4. The van der Waals surface area contributed by atoms with Gasteiger partial charge in [0.05, 0.1) is 5.54 Å². The Bertz CT molecular complexity index is 1030. The fraction of sp³-hybridized carbons (Fsp3) is 0.250. The highest BCUT2D eigenvalue weighted by Gasteiger charge is 2.45. The third-order valence-corrected chi connectivity index (χ3v) is 6.25. The van der Waals surface area contributed by atoms with Crippen LogP contribution in [-0.2, 0) is 10.2 Å². The molecular formula is C28H28N2O3. The molecule has 33 heavy (non-hydrogen) atoms. The molecule has 4 rings (SSSR count). The normalized spacial score (nSPS) is 17.7. The van der Waals surface area contributed by atoms with E-state index in [4.69, 9.17) is 9.98 Å². The summed E-state index contributed by atoms with van der Waals surface area (Å²) in [5.41, 5.74) is 1.60. The number of nitrogens with zero attached hydrogens (tertiary/aromatic N) is 2. The highest BCUT2D eigenvalue weighted by molar-refractivity contribution is 6.08. The van der Waals surface area contributed by atoms with Crippen molar-refractivity contribution in [2.24, 2.45) is 9.98 Å². The molecule has 5 nitrogen and oxygen atoms in total. The number of aliphatic hydroxyl groups is 1. The number of amidine groups is 1. The number of carboxylic acid groups (broad SMARTS) is 1. The topological polar surface area (TPSA) is 82.2 Å². The average molecular weight is 441 g/mol. The first-order valence-corrected chi connectivity index (χ1v) is 11.3. The van der Waals surface area contributed by atoms with Crippen LogP contribution in [0.2, 0.25) is 0 Å². The number of benzene rings is 3. The zero-order chi connectivity index (χ0) is 23.2. The van der Waals surface area contributed by atoms with Gasteiger partial charge in [0.1, 0.15) is 11.3 Å². The Hall–Kier alpha value is -3.57. The van der Waals surface area contributed by atoms with Crippen LogP contribution in [0.4, 0.5) is 0 Å². The van der Waals surface area contributed by atoms with Gasteiger partial charge < -0.3 is 10.2 Å². The van der Waals surface area contributed by atoms with E-state index >= 15 is 0 Å². The van der Waals surface area contributed by atoms with E-state index in [1.165, 1.54) is 0 Å². The molecule has 5 heteroatoms. The molecule has 0 bridgehead atoms. The van der Waals surface area contributed by atoms with Crippen molar-refractivity contribution >= 4 is 18.0 Å². The van der Waals surface area contributed by atoms with E-state index in [1.54, 1.807) is 6.21 Å². The fourth-order valence-electron chi connectivity index (χ4n) is 4.66. The van der Waals surface area contributed by atoms with E-state index in [0.717, 1.165) is 16.7 Å². The van der Waals surface area contributed by atoms with Gasteiger partial charge >= 0.3 is 5.97 Å². The van der Waals surface area contributed by atoms with Gasteiger partial charge in [-0.25, -0.2) is 4.99 Å². The molecular weight excluding hydrogens is 412 g/mol. The van der Waals surface area contributed by atoms with Gasteiger partial charge in [-0.1, -0.05) is 91.0 Å². The van der Waals surface area contributed by atoms with Crippen molar-refractivity contribution in [2.45, 2.75) is 36.6 Å². The van der Waals surface area contributed by atoms with Gasteiger partial charge in [-0.15, -0.1) is 0 Å². The van der Waals surface area contributed by atoms with Crippen LogP contribution in [0.1, 0.15) is 42.4 Å². The molecule has 0 amide bonds. The lowest BCUT2D eigenvalue weighted by molar-refractivity contribution is -0.137. The molecule has 3 aromatic carbocycles. The van der Waals surface area contributed by atoms with Crippen molar-refractivity contribution in [3.05, 3.63) is 108 Å². The molecule has 1 unspecified atom stereocenters. The maximum Gasteiger partial charge on any atom is 0.303 e. The van der Waals surface area contributed by atoms with Gasteiger partial charge in [-0.05, 0) is 36.0 Å². The van der Waals surface area contributed by atoms with Crippen LogP contribution in [0.15, 0.2) is 101 Å². The Balaban J connectivity index is 1.97. The number of aliphatic hydroxyl groups excluding tert-OH is 1. The Morgan fingerprint density at radius 2 is 1.27 bits per heavy atom. The molecule has 0 spiro atoms. The number of carboxylic acids is 1. The van der Waals surface area contributed by atoms with Crippen molar-refractivity contribution in [2.75, 3.05) is 6.61 Å². The van der Waals surface area contributed by atoms with Crippen molar-refractivity contribution < 1.29 is 15.0 Å². The van der Waals surface area contributed by atoms with E-state index in [1.807, 2.05) is 54.6 Å². The molecule has 168 valence electrons. The number of aliphatic carboxylic acids is 1. The fourth-order valence-corrected chi connectivity index (χ4v) is 4.66. The van der Waals surface area contributed by atoms with E-state index in [2.05, 4.69) is 36.4 Å². The largest absolute Gasteiger partial charge is 0.481 e. The first-order valence-electron chi connectivity index (χ1n) is 11.3. The van der Waals surface area contributed by atoms with Crippen LogP contribution in [0.3, 0.4) is 0 Å². The van der Waals surface area contributed by atoms with Gasteiger partial charge in [0, 0.05) is 19.2 Å². The maximum atomic E-state index is 11.4. The van der Waals surface area contributed by atoms with Crippen LogP contribution in [0.5, 0.6) is 0 Å². The molecule has 1 aliphatic rings. The quantitative estimate of drug-likeness (QED) is 0.441. The smallest absolute Gasteiger partial charge is 0.303 e. The van der Waals surface area contributed by atoms with Gasteiger partial charge in [0.25, 0.3) is 0 Å². The van der Waals surface area contributed by atoms with Crippen molar-refractivity contribution in [1.29, 1.82) is 0 Å². The number of hydrogen-bond donors (Lipinski definition) is 2. The predicted octanol–water partition coefficient (Wildman–Crippen LogP) is 4.88. The molecule has 0 saturated heterocycles. The Morgan fingerprint density at radius 3 is 1.70 bits per heavy atom. The Kier molecular flexibility index (Phi) is 6.80. The second-order valence-corrected chi connectivity index (χ2v) is 8.37. The van der Waals surface area contributed by atoms with Gasteiger partial charge in [0.2, 0.25) is 0 Å². The molecule has 0 aromatic heterocycles. The number of aliphatic imine (C=N–C) groups is 2. The monoisotopic (exact) mass is 440 g/mol. The second kappa shape index (κ2) is 9.92. The molecule has 0 saturated carbocycles. The number of carbonyl (C=O) groups is 1. The summed E-state index contributed by atoms with van der Waals surface area (Å²) < 4.78 is 0. The molecule has 0 radical (unpaired) electrons. The van der Waals surface area contributed by atoms with Gasteiger partial charge in [-0.2, -0.15) is 0 Å². The average Bonchev–Trinajstić information content (AvgIpc) is 3.29. The predicted molar refractivity (Wildman–Crippen MR) is 131 cm³/mol. The van der Waals surface area contributed by atoms with Gasteiger partial charge in [-0.3, -0.25) is 9.79 Å². The van der Waals surface area contributed by atoms with Crippen molar-refractivity contribution in [1.82, 2.24) is 0 Å². The van der Waals surface area contributed by atoms with Crippen LogP contribution in [0, 0.1) is 0 Å². The van der Waals surface area contributed by atoms with E-state index in [-0.39, 0.29) is 13.0 Å². The molecule has 0 aliphatic carbocycles. The molecule has 2 N–H and O–H groups in total. The summed E-state index contributed by atoms with van der Waals surface area (Å²) in [6.07, 6.45) is 3.19. The van der Waals surface area contributed by atoms with Crippen LogP contribution in [-0.4, -0.2) is 40.4 Å². The SMILES string of the molecule is O=C(O)CCC1(CCCO)C=NC(C(c2ccccc2)(c2ccccc2)c2ccccc2)=N1. The highest BCUT2D eigenvalue weighted by Crippen LogP contribution is 2.44. The highest BCUT2D eigenvalue weighted by atomic mass is 16.4. The van der Waals surface area contributed by atoms with Crippen molar-refractivity contribution in [3.63, 3.8) is 0 Å². The summed E-state index contributed by atoms with van der Waals surface area (Å²) >= 11 is 0. The number of rotatable bonds is 10. The second-order valence-electron chi connectivity index (χ2n) is 8.37. The molecule has 3 aromatic rings. The molecule has 1 aliphatic heterocycles. The minimum atomic E-state index is -0.865. The third kappa shape index (κ3) is 4.50. The Morgan fingerprint density at radius 1 is 0.788 bits per heavy atom. The maximum absolute atomic E-state index is 11.4. The van der Waals surface area contributed by atoms with Crippen LogP contribution >= 0.6 is 0 Å². The number of hydrogen-bond acceptors (Lipinski definition) is 4. The zero-order valence-corrected chi connectivity index (χ0v) is 18.5. The summed E-state index contributed by atoms with van der Waals surface area (Å²) in [6, 6.07) is 30.6. The first kappa shape index (κ1) is 22.6. The third-order valence-electron chi connectivity index (χ3n) is 6.25. The van der Waals surface area contributed by atoms with E-state index < -0.39 is 16.9 Å². The summed E-state index contributed by atoms with van der Waals surface area (Å²) in [6.45, 7) is 0.0225. The van der Waals surface area contributed by atoms with Crippen molar-refractivity contribution in [3.8, 4) is 0 Å².